The summed E-state index contributed by atoms with van der Waals surface area (Å²) < 4.78 is 18.6. The predicted octanol–water partition coefficient (Wildman–Crippen LogP) is 4.10. The summed E-state index contributed by atoms with van der Waals surface area (Å²) in [5.74, 6) is -2.28. The Balaban J connectivity index is 3.34. The van der Waals surface area contributed by atoms with Crippen LogP contribution in [0, 0.1) is 5.82 Å². The molecule has 0 N–H and O–H groups in total. The van der Waals surface area contributed by atoms with Crippen molar-refractivity contribution in [3.05, 3.63) is 45.3 Å². The van der Waals surface area contributed by atoms with E-state index in [0.717, 1.165) is 12.1 Å². The van der Waals surface area contributed by atoms with Gasteiger partial charge in [0.2, 0.25) is 5.78 Å². The van der Waals surface area contributed by atoms with Crippen LogP contribution in [0.2, 0.25) is 10.0 Å². The molecule has 0 heterocycles. The molecule has 23 heavy (non-hydrogen) atoms. The molecule has 0 bridgehead atoms. The molecule has 0 saturated carbocycles. The van der Waals surface area contributed by atoms with Gasteiger partial charge in [0.25, 0.3) is 0 Å². The minimum absolute atomic E-state index is 0.0313. The van der Waals surface area contributed by atoms with Crippen LogP contribution < -0.4 is 0 Å². The van der Waals surface area contributed by atoms with Gasteiger partial charge < -0.3 is 9.64 Å². The van der Waals surface area contributed by atoms with Crippen molar-refractivity contribution in [3.8, 4) is 0 Å². The van der Waals surface area contributed by atoms with Gasteiger partial charge in [-0.15, -0.1) is 0 Å². The van der Waals surface area contributed by atoms with E-state index in [-0.39, 0.29) is 27.8 Å². The van der Waals surface area contributed by atoms with E-state index >= 15 is 0 Å². The first kappa shape index (κ1) is 19.5. The van der Waals surface area contributed by atoms with Gasteiger partial charge >= 0.3 is 5.97 Å². The molecule has 1 aromatic carbocycles. The molecular weight excluding hydrogens is 344 g/mol. The Labute approximate surface area is 144 Å². The third kappa shape index (κ3) is 4.94. The van der Waals surface area contributed by atoms with Gasteiger partial charge in [0.05, 0.1) is 16.7 Å². The monoisotopic (exact) mass is 361 g/mol. The van der Waals surface area contributed by atoms with E-state index < -0.39 is 17.6 Å². The van der Waals surface area contributed by atoms with Crippen LogP contribution in [0.15, 0.2) is 23.9 Å². The van der Waals surface area contributed by atoms with Crippen LogP contribution in [0.5, 0.6) is 0 Å². The fourth-order valence-electron chi connectivity index (χ4n) is 1.84. The molecule has 7 heteroatoms. The van der Waals surface area contributed by atoms with Crippen LogP contribution in [0.4, 0.5) is 4.39 Å². The lowest BCUT2D eigenvalue weighted by Gasteiger charge is -2.17. The van der Waals surface area contributed by atoms with E-state index in [2.05, 4.69) is 0 Å². The van der Waals surface area contributed by atoms with Gasteiger partial charge in [-0.3, -0.25) is 4.79 Å². The summed E-state index contributed by atoms with van der Waals surface area (Å²) in [7, 11) is 0. The number of carbonyl (C=O) groups excluding carboxylic acids is 2. The quantitative estimate of drug-likeness (QED) is 0.183. The second kappa shape index (κ2) is 8.89. The van der Waals surface area contributed by atoms with Gasteiger partial charge in [-0.2, -0.15) is 0 Å². The second-order valence-electron chi connectivity index (χ2n) is 4.56. The highest BCUT2D eigenvalue weighted by molar-refractivity contribution is 6.39. The molecule has 0 radical (unpaired) electrons. The number of esters is 1. The number of benzene rings is 1. The average Bonchev–Trinajstić information content (AvgIpc) is 2.51. The Kier molecular flexibility index (Phi) is 7.52. The lowest BCUT2D eigenvalue weighted by molar-refractivity contribution is -0.138. The Morgan fingerprint density at radius 3 is 2.30 bits per heavy atom. The SMILES string of the molecule is CCOC(=O)/C(=C/N(CC)CC)C(=O)c1cc(F)c(Cl)cc1Cl. The van der Waals surface area contributed by atoms with Crippen molar-refractivity contribution in [1.82, 2.24) is 4.90 Å². The van der Waals surface area contributed by atoms with Crippen molar-refractivity contribution in [1.29, 1.82) is 0 Å². The van der Waals surface area contributed by atoms with Crippen molar-refractivity contribution in [3.63, 3.8) is 0 Å². The van der Waals surface area contributed by atoms with Gasteiger partial charge in [0.1, 0.15) is 11.4 Å². The zero-order valence-corrected chi connectivity index (χ0v) is 14.7. The van der Waals surface area contributed by atoms with Gasteiger partial charge in [0.15, 0.2) is 0 Å². The number of ketones is 1. The predicted molar refractivity (Wildman–Crippen MR) is 88.4 cm³/mol. The minimum Gasteiger partial charge on any atom is -0.462 e. The summed E-state index contributed by atoms with van der Waals surface area (Å²) in [6.07, 6.45) is 1.41. The Bertz CT molecular complexity index is 628. The van der Waals surface area contributed by atoms with Crippen molar-refractivity contribution >= 4 is 35.0 Å². The molecule has 0 spiro atoms. The van der Waals surface area contributed by atoms with E-state index in [1.807, 2.05) is 13.8 Å². The average molecular weight is 362 g/mol. The molecule has 0 aliphatic carbocycles. The number of rotatable bonds is 7. The summed E-state index contributed by atoms with van der Waals surface area (Å²) in [5.41, 5.74) is -0.348. The zero-order chi connectivity index (χ0) is 17.6. The maximum Gasteiger partial charge on any atom is 0.343 e. The highest BCUT2D eigenvalue weighted by Gasteiger charge is 2.25. The van der Waals surface area contributed by atoms with Crippen LogP contribution in [-0.2, 0) is 9.53 Å². The van der Waals surface area contributed by atoms with Crippen LogP contribution in [0.3, 0.4) is 0 Å². The third-order valence-corrected chi connectivity index (χ3v) is 3.72. The molecule has 0 saturated heterocycles. The first-order valence-electron chi connectivity index (χ1n) is 7.17. The maximum absolute atomic E-state index is 13.6. The number of carbonyl (C=O) groups is 2. The van der Waals surface area contributed by atoms with Crippen LogP contribution in [-0.4, -0.2) is 36.3 Å². The van der Waals surface area contributed by atoms with E-state index in [4.69, 9.17) is 27.9 Å². The maximum atomic E-state index is 13.6. The van der Waals surface area contributed by atoms with E-state index in [1.165, 1.54) is 6.20 Å². The van der Waals surface area contributed by atoms with Crippen molar-refractivity contribution in [2.24, 2.45) is 0 Å². The number of nitrogens with zero attached hydrogens (tertiary/aromatic N) is 1. The summed E-state index contributed by atoms with van der Waals surface area (Å²) in [4.78, 5) is 26.5. The summed E-state index contributed by atoms with van der Waals surface area (Å²) in [5, 5.41) is -0.229. The number of ether oxygens (including phenoxy) is 1. The number of Topliss-reactive ketones (excluding diaryl/α,β-unsaturated/α-hetero) is 1. The molecule has 1 aromatic rings. The molecule has 4 nitrogen and oxygen atoms in total. The van der Waals surface area contributed by atoms with Crippen LogP contribution in [0.25, 0.3) is 0 Å². The Morgan fingerprint density at radius 1 is 1.17 bits per heavy atom. The summed E-state index contributed by atoms with van der Waals surface area (Å²) in [6, 6.07) is 2.05. The Hall–Kier alpha value is -1.59. The number of hydrogen-bond acceptors (Lipinski definition) is 4. The van der Waals surface area contributed by atoms with Gasteiger partial charge in [-0.1, -0.05) is 23.2 Å². The largest absolute Gasteiger partial charge is 0.462 e. The highest BCUT2D eigenvalue weighted by Crippen LogP contribution is 2.26. The van der Waals surface area contributed by atoms with Crippen molar-refractivity contribution in [2.45, 2.75) is 20.8 Å². The summed E-state index contributed by atoms with van der Waals surface area (Å²) in [6.45, 7) is 6.69. The molecule has 126 valence electrons. The summed E-state index contributed by atoms with van der Waals surface area (Å²) >= 11 is 11.6. The van der Waals surface area contributed by atoms with Crippen molar-refractivity contribution < 1.29 is 18.7 Å². The first-order valence-corrected chi connectivity index (χ1v) is 7.93. The first-order chi connectivity index (χ1) is 10.8. The normalized spacial score (nSPS) is 11.3. The molecular formula is C16H18Cl2FNO3. The Morgan fingerprint density at radius 2 is 1.78 bits per heavy atom. The van der Waals surface area contributed by atoms with Crippen LogP contribution in [0.1, 0.15) is 31.1 Å². The smallest absolute Gasteiger partial charge is 0.343 e. The highest BCUT2D eigenvalue weighted by atomic mass is 35.5. The van der Waals surface area contributed by atoms with E-state index in [9.17, 15) is 14.0 Å². The number of halogens is 3. The molecule has 0 aromatic heterocycles. The molecule has 0 fully saturated rings. The van der Waals surface area contributed by atoms with Gasteiger partial charge in [0, 0.05) is 24.9 Å². The lowest BCUT2D eigenvalue weighted by atomic mass is 10.0. The zero-order valence-electron chi connectivity index (χ0n) is 13.2. The van der Waals surface area contributed by atoms with E-state index in [0.29, 0.717) is 13.1 Å². The minimum atomic E-state index is -0.787. The van der Waals surface area contributed by atoms with E-state index in [1.54, 1.807) is 11.8 Å². The number of hydrogen-bond donors (Lipinski definition) is 0. The fourth-order valence-corrected chi connectivity index (χ4v) is 2.31. The standard InChI is InChI=1S/C16H18Cl2FNO3/c1-4-20(5-2)9-11(16(22)23-6-3)15(21)10-7-14(19)13(18)8-12(10)17/h7-9H,4-6H2,1-3H3/b11-9+. The fraction of sp³-hybridized carbons (Fsp3) is 0.375. The third-order valence-electron chi connectivity index (χ3n) is 3.12. The lowest BCUT2D eigenvalue weighted by Crippen LogP contribution is -2.23. The van der Waals surface area contributed by atoms with Gasteiger partial charge in [-0.05, 0) is 32.9 Å². The molecule has 0 amide bonds. The molecule has 0 unspecified atom stereocenters. The molecule has 0 aliphatic heterocycles. The topological polar surface area (TPSA) is 46.6 Å². The van der Waals surface area contributed by atoms with Gasteiger partial charge in [-0.25, -0.2) is 9.18 Å². The van der Waals surface area contributed by atoms with Crippen molar-refractivity contribution in [2.75, 3.05) is 19.7 Å². The second-order valence-corrected chi connectivity index (χ2v) is 5.37. The van der Waals surface area contributed by atoms with Crippen LogP contribution >= 0.6 is 23.2 Å². The molecule has 0 atom stereocenters. The molecule has 0 aliphatic rings. The molecule has 1 rings (SSSR count).